The highest BCUT2D eigenvalue weighted by Crippen LogP contribution is 2.44. The van der Waals surface area contributed by atoms with Gasteiger partial charge in [-0.05, 0) is 34.4 Å². The van der Waals surface area contributed by atoms with Gasteiger partial charge in [0.05, 0.1) is 19.9 Å². The van der Waals surface area contributed by atoms with Crippen molar-refractivity contribution < 1.29 is 33.7 Å². The van der Waals surface area contributed by atoms with E-state index in [1.54, 1.807) is 18.2 Å². The number of aromatic nitrogens is 2. The average Bonchev–Trinajstić information content (AvgIpc) is 3.57. The number of carboxylic acid groups (broad SMARTS) is 1. The Bertz CT molecular complexity index is 1510. The molecule has 1 heterocycles. The normalized spacial score (nSPS) is 12.7. The molecule has 40 heavy (non-hydrogen) atoms. The molecule has 1 aromatic heterocycles. The van der Waals surface area contributed by atoms with Crippen molar-refractivity contribution in [1.82, 2.24) is 14.9 Å². The lowest BCUT2D eigenvalue weighted by Crippen LogP contribution is -2.43. The Labute approximate surface area is 230 Å². The summed E-state index contributed by atoms with van der Waals surface area (Å²) < 4.78 is 17.3. The van der Waals surface area contributed by atoms with Gasteiger partial charge in [-0.2, -0.15) is 0 Å². The summed E-state index contributed by atoms with van der Waals surface area (Å²) >= 11 is 0. The highest BCUT2D eigenvalue weighted by atomic mass is 16.5. The van der Waals surface area contributed by atoms with Crippen molar-refractivity contribution in [2.75, 3.05) is 20.8 Å². The number of carbonyl (C=O) groups excluding carboxylic acids is 2. The number of nitrogens with zero attached hydrogens (tertiary/aromatic N) is 2. The van der Waals surface area contributed by atoms with E-state index in [0.717, 1.165) is 22.3 Å². The van der Waals surface area contributed by atoms with Crippen LogP contribution in [0.4, 0.5) is 4.79 Å². The molecule has 10 heteroatoms. The predicted molar refractivity (Wildman–Crippen MR) is 145 cm³/mol. The Morgan fingerprint density at radius 2 is 1.52 bits per heavy atom. The largest absolute Gasteiger partial charge is 0.496 e. The van der Waals surface area contributed by atoms with E-state index in [-0.39, 0.29) is 30.2 Å². The van der Waals surface area contributed by atoms with Crippen molar-refractivity contribution in [3.63, 3.8) is 0 Å². The molecule has 0 unspecified atom stereocenters. The first-order valence-electron chi connectivity index (χ1n) is 12.5. The maximum atomic E-state index is 13.2. The summed E-state index contributed by atoms with van der Waals surface area (Å²) in [6, 6.07) is 19.5. The van der Waals surface area contributed by atoms with E-state index in [4.69, 9.17) is 14.2 Å². The lowest BCUT2D eigenvalue weighted by atomic mass is 9.98. The fourth-order valence-electron chi connectivity index (χ4n) is 4.96. The van der Waals surface area contributed by atoms with Crippen molar-refractivity contribution in [3.8, 4) is 22.6 Å². The number of hydrogen-bond acceptors (Lipinski definition) is 7. The second kappa shape index (κ2) is 11.3. The maximum absolute atomic E-state index is 13.2. The molecular formula is C30H27N3O7. The van der Waals surface area contributed by atoms with Crippen LogP contribution in [-0.2, 0) is 16.0 Å². The number of rotatable bonds is 9. The number of carboxylic acids is 1. The van der Waals surface area contributed by atoms with Gasteiger partial charge in [-0.3, -0.25) is 9.36 Å². The molecule has 0 saturated carbocycles. The zero-order valence-electron chi connectivity index (χ0n) is 21.9. The molecule has 4 aromatic rings. The molecule has 0 spiro atoms. The molecule has 204 valence electrons. The van der Waals surface area contributed by atoms with Crippen molar-refractivity contribution in [2.45, 2.75) is 18.4 Å². The molecule has 0 bridgehead atoms. The Morgan fingerprint density at radius 3 is 2.10 bits per heavy atom. The summed E-state index contributed by atoms with van der Waals surface area (Å²) in [5.41, 5.74) is 4.76. The molecule has 1 amide bonds. The fourth-order valence-corrected chi connectivity index (χ4v) is 4.96. The zero-order valence-corrected chi connectivity index (χ0v) is 21.9. The number of nitrogens with one attached hydrogen (secondary N) is 1. The smallest absolute Gasteiger partial charge is 0.407 e. The molecule has 5 rings (SSSR count). The minimum Gasteiger partial charge on any atom is -0.496 e. The van der Waals surface area contributed by atoms with Gasteiger partial charge in [0.2, 0.25) is 0 Å². The first-order valence-corrected chi connectivity index (χ1v) is 12.5. The van der Waals surface area contributed by atoms with Crippen LogP contribution >= 0.6 is 0 Å². The Hall–Kier alpha value is -5.12. The molecule has 3 aromatic carbocycles. The minimum absolute atomic E-state index is 0.0517. The average molecular weight is 542 g/mol. The second-order valence-electron chi connectivity index (χ2n) is 9.18. The number of amides is 1. The van der Waals surface area contributed by atoms with Gasteiger partial charge in [0, 0.05) is 18.5 Å². The van der Waals surface area contributed by atoms with Crippen LogP contribution in [0.2, 0.25) is 0 Å². The second-order valence-corrected chi connectivity index (χ2v) is 9.18. The van der Waals surface area contributed by atoms with Crippen molar-refractivity contribution in [1.29, 1.82) is 0 Å². The lowest BCUT2D eigenvalue weighted by molar-refractivity contribution is -0.139. The van der Waals surface area contributed by atoms with E-state index < -0.39 is 24.0 Å². The van der Waals surface area contributed by atoms with Gasteiger partial charge < -0.3 is 24.6 Å². The van der Waals surface area contributed by atoms with Crippen LogP contribution in [0.3, 0.4) is 0 Å². The van der Waals surface area contributed by atoms with E-state index in [1.807, 2.05) is 48.5 Å². The molecule has 0 aliphatic heterocycles. The minimum atomic E-state index is -1.32. The Morgan fingerprint density at radius 1 is 0.925 bits per heavy atom. The number of hydrogen-bond donors (Lipinski definition) is 2. The van der Waals surface area contributed by atoms with Crippen LogP contribution < -0.4 is 14.8 Å². The SMILES string of the molecule is COc1cccc(OC)c1C(=O)n1cnc(C[C@H](NC(=O)OCC2c3ccccc3-c3ccccc32)C(=O)O)c1. The van der Waals surface area contributed by atoms with E-state index in [0.29, 0.717) is 11.5 Å². The van der Waals surface area contributed by atoms with E-state index in [9.17, 15) is 19.5 Å². The van der Waals surface area contributed by atoms with Crippen LogP contribution in [-0.4, -0.2) is 59.5 Å². The molecule has 0 radical (unpaired) electrons. The summed E-state index contributed by atoms with van der Waals surface area (Å²) in [5, 5.41) is 12.2. The number of ether oxygens (including phenoxy) is 3. The highest BCUT2D eigenvalue weighted by molar-refractivity contribution is 6.01. The summed E-state index contributed by atoms with van der Waals surface area (Å²) in [5.74, 6) is -1.25. The van der Waals surface area contributed by atoms with Gasteiger partial charge in [0.15, 0.2) is 0 Å². The summed E-state index contributed by atoms with van der Waals surface area (Å²) in [4.78, 5) is 41.9. The predicted octanol–water partition coefficient (Wildman–Crippen LogP) is 4.12. The monoisotopic (exact) mass is 541 g/mol. The molecule has 1 aliphatic carbocycles. The first-order chi connectivity index (χ1) is 19.4. The number of benzene rings is 3. The number of fused-ring (bicyclic) bond motifs is 3. The van der Waals surface area contributed by atoms with Crippen molar-refractivity contribution >= 4 is 18.0 Å². The van der Waals surface area contributed by atoms with Crippen LogP contribution in [0.1, 0.15) is 33.1 Å². The molecule has 10 nitrogen and oxygen atoms in total. The van der Waals surface area contributed by atoms with Gasteiger partial charge in [-0.25, -0.2) is 14.6 Å². The lowest BCUT2D eigenvalue weighted by Gasteiger charge is -2.17. The Kier molecular flexibility index (Phi) is 7.50. The third kappa shape index (κ3) is 5.11. The summed E-state index contributed by atoms with van der Waals surface area (Å²) in [6.45, 7) is 0.0517. The first kappa shape index (κ1) is 26.5. The third-order valence-electron chi connectivity index (χ3n) is 6.86. The van der Waals surface area contributed by atoms with Crippen LogP contribution in [0.15, 0.2) is 79.3 Å². The maximum Gasteiger partial charge on any atom is 0.407 e. The van der Waals surface area contributed by atoms with Crippen molar-refractivity contribution in [2.24, 2.45) is 0 Å². The summed E-state index contributed by atoms with van der Waals surface area (Å²) in [6.07, 6.45) is 1.66. The standard InChI is InChI=1S/C30H27N3O7/c1-38-25-12-7-13-26(39-2)27(25)28(34)33-15-18(31-17-33)14-24(29(35)36)32-30(37)40-16-23-21-10-5-3-8-19(21)20-9-4-6-11-22(20)23/h3-13,15,17,23-24H,14,16H2,1-2H3,(H,32,37)(H,35,36)/t24-/m0/s1. The number of imidazole rings is 1. The summed E-state index contributed by atoms with van der Waals surface area (Å²) in [7, 11) is 2.88. The van der Waals surface area contributed by atoms with E-state index >= 15 is 0 Å². The van der Waals surface area contributed by atoms with Crippen LogP contribution in [0.5, 0.6) is 11.5 Å². The van der Waals surface area contributed by atoms with Crippen LogP contribution in [0, 0.1) is 0 Å². The van der Waals surface area contributed by atoms with Gasteiger partial charge in [-0.15, -0.1) is 0 Å². The third-order valence-corrected chi connectivity index (χ3v) is 6.86. The van der Waals surface area contributed by atoms with E-state index in [2.05, 4.69) is 10.3 Å². The zero-order chi connectivity index (χ0) is 28.2. The fraction of sp³-hybridized carbons (Fsp3) is 0.200. The number of alkyl carbamates (subject to hydrolysis) is 1. The van der Waals surface area contributed by atoms with Gasteiger partial charge in [0.25, 0.3) is 5.91 Å². The number of carbonyl (C=O) groups is 3. The molecule has 1 atom stereocenters. The topological polar surface area (TPSA) is 129 Å². The van der Waals surface area contributed by atoms with E-state index in [1.165, 1.54) is 31.3 Å². The quantitative estimate of drug-likeness (QED) is 0.324. The molecule has 2 N–H and O–H groups in total. The molecular weight excluding hydrogens is 514 g/mol. The number of aliphatic carboxylic acids is 1. The van der Waals surface area contributed by atoms with Crippen LogP contribution in [0.25, 0.3) is 11.1 Å². The van der Waals surface area contributed by atoms with Gasteiger partial charge >= 0.3 is 12.1 Å². The van der Waals surface area contributed by atoms with Gasteiger partial charge in [0.1, 0.15) is 36.0 Å². The number of methoxy groups -OCH3 is 2. The van der Waals surface area contributed by atoms with Crippen molar-refractivity contribution in [3.05, 3.63) is 102 Å². The Balaban J connectivity index is 1.25. The van der Waals surface area contributed by atoms with Gasteiger partial charge in [-0.1, -0.05) is 54.6 Å². The molecule has 0 fully saturated rings. The molecule has 1 aliphatic rings. The highest BCUT2D eigenvalue weighted by Gasteiger charge is 2.30. The molecule has 0 saturated heterocycles.